The largest absolute Gasteiger partial charge is 0.508 e. The molecule has 1 unspecified atom stereocenters. The van der Waals surface area contributed by atoms with Gasteiger partial charge in [-0.3, -0.25) is 4.79 Å². The number of aromatic hydroxyl groups is 1. The lowest BCUT2D eigenvalue weighted by atomic mass is 10.1. The number of rotatable bonds is 5. The van der Waals surface area contributed by atoms with Crippen LogP contribution in [0.5, 0.6) is 5.75 Å². The van der Waals surface area contributed by atoms with Gasteiger partial charge < -0.3 is 16.2 Å². The average Bonchev–Trinajstić information content (AvgIpc) is 2.31. The topological polar surface area (TPSA) is 75.3 Å². The van der Waals surface area contributed by atoms with Gasteiger partial charge in [-0.25, -0.2) is 0 Å². The molecule has 94 valence electrons. The standard InChI is InChI=1S/C12H18N2O2S/c1-8(17-2)5-6-14-12(16)10-7-9(15)3-4-11(10)13/h3-4,7-8,15H,5-6,13H2,1-2H3,(H,14,16). The van der Waals surface area contributed by atoms with E-state index in [1.165, 1.54) is 18.2 Å². The third-order valence-corrected chi connectivity index (χ3v) is 3.56. The van der Waals surface area contributed by atoms with Crippen molar-refractivity contribution in [1.82, 2.24) is 5.32 Å². The molecule has 0 aromatic heterocycles. The predicted octanol–water partition coefficient (Wildman–Crippen LogP) is 1.85. The highest BCUT2D eigenvalue weighted by Crippen LogP contribution is 2.18. The number of benzene rings is 1. The molecule has 0 aliphatic heterocycles. The number of hydrogen-bond donors (Lipinski definition) is 3. The van der Waals surface area contributed by atoms with E-state index in [9.17, 15) is 9.90 Å². The van der Waals surface area contributed by atoms with Crippen LogP contribution in [0.25, 0.3) is 0 Å². The molecule has 0 aliphatic rings. The van der Waals surface area contributed by atoms with Crippen molar-refractivity contribution < 1.29 is 9.90 Å². The zero-order valence-corrected chi connectivity index (χ0v) is 10.9. The molecular weight excluding hydrogens is 236 g/mol. The molecule has 0 bridgehead atoms. The number of phenolic OH excluding ortho intramolecular Hbond substituents is 1. The van der Waals surface area contributed by atoms with Crippen molar-refractivity contribution >= 4 is 23.4 Å². The van der Waals surface area contributed by atoms with E-state index in [0.717, 1.165) is 6.42 Å². The van der Waals surface area contributed by atoms with Gasteiger partial charge in [0.2, 0.25) is 0 Å². The maximum absolute atomic E-state index is 11.8. The Morgan fingerprint density at radius 2 is 2.29 bits per heavy atom. The maximum atomic E-state index is 11.8. The highest BCUT2D eigenvalue weighted by Gasteiger charge is 2.10. The van der Waals surface area contributed by atoms with Gasteiger partial charge in [0.15, 0.2) is 0 Å². The molecule has 4 nitrogen and oxygen atoms in total. The fraction of sp³-hybridized carbons (Fsp3) is 0.417. The van der Waals surface area contributed by atoms with Crippen LogP contribution in [0.3, 0.4) is 0 Å². The van der Waals surface area contributed by atoms with Crippen LogP contribution in [-0.4, -0.2) is 29.1 Å². The first-order valence-corrected chi connectivity index (χ1v) is 6.73. The molecule has 1 rings (SSSR count). The smallest absolute Gasteiger partial charge is 0.253 e. The summed E-state index contributed by atoms with van der Waals surface area (Å²) in [6, 6.07) is 4.36. The van der Waals surface area contributed by atoms with E-state index in [0.29, 0.717) is 23.0 Å². The van der Waals surface area contributed by atoms with Crippen molar-refractivity contribution in [2.45, 2.75) is 18.6 Å². The summed E-state index contributed by atoms with van der Waals surface area (Å²) in [6.07, 6.45) is 2.95. The Hall–Kier alpha value is -1.36. The molecule has 1 amide bonds. The second kappa shape index (κ2) is 6.39. The van der Waals surface area contributed by atoms with Gasteiger partial charge in [-0.1, -0.05) is 6.92 Å². The Morgan fingerprint density at radius 1 is 1.59 bits per heavy atom. The number of carbonyl (C=O) groups is 1. The monoisotopic (exact) mass is 254 g/mol. The van der Waals surface area contributed by atoms with Crippen molar-refractivity contribution in [1.29, 1.82) is 0 Å². The summed E-state index contributed by atoms with van der Waals surface area (Å²) in [5.41, 5.74) is 6.37. The Labute approximate surface area is 106 Å². The first kappa shape index (κ1) is 13.7. The zero-order chi connectivity index (χ0) is 12.8. The molecule has 17 heavy (non-hydrogen) atoms. The normalized spacial score (nSPS) is 12.1. The summed E-state index contributed by atoms with van der Waals surface area (Å²) in [4.78, 5) is 11.8. The lowest BCUT2D eigenvalue weighted by molar-refractivity contribution is 0.0954. The first-order valence-electron chi connectivity index (χ1n) is 5.44. The van der Waals surface area contributed by atoms with Crippen LogP contribution >= 0.6 is 11.8 Å². The maximum Gasteiger partial charge on any atom is 0.253 e. The molecule has 0 saturated carbocycles. The van der Waals surface area contributed by atoms with Crippen LogP contribution in [0.2, 0.25) is 0 Å². The molecule has 1 aromatic rings. The molecule has 5 heteroatoms. The van der Waals surface area contributed by atoms with Crippen LogP contribution < -0.4 is 11.1 Å². The van der Waals surface area contributed by atoms with E-state index >= 15 is 0 Å². The SMILES string of the molecule is CSC(C)CCNC(=O)c1cc(O)ccc1N. The van der Waals surface area contributed by atoms with Crippen molar-refractivity contribution in [3.63, 3.8) is 0 Å². The highest BCUT2D eigenvalue weighted by molar-refractivity contribution is 7.99. The van der Waals surface area contributed by atoms with Gasteiger partial charge in [0.1, 0.15) is 5.75 Å². The summed E-state index contributed by atoms with van der Waals surface area (Å²) in [5.74, 6) is -0.200. The molecular formula is C12H18N2O2S. The van der Waals surface area contributed by atoms with E-state index in [1.807, 2.05) is 6.26 Å². The quantitative estimate of drug-likeness (QED) is 0.553. The molecule has 1 atom stereocenters. The second-order valence-electron chi connectivity index (χ2n) is 3.86. The van der Waals surface area contributed by atoms with Gasteiger partial charge in [0.05, 0.1) is 5.56 Å². The fourth-order valence-corrected chi connectivity index (χ4v) is 1.70. The average molecular weight is 254 g/mol. The molecule has 0 aliphatic carbocycles. The van der Waals surface area contributed by atoms with Crippen molar-refractivity contribution in [3.8, 4) is 5.75 Å². The molecule has 0 saturated heterocycles. The number of thioether (sulfide) groups is 1. The zero-order valence-electron chi connectivity index (χ0n) is 10.1. The number of amides is 1. The van der Waals surface area contributed by atoms with E-state index in [-0.39, 0.29) is 11.7 Å². The number of nitrogens with two attached hydrogens (primary N) is 1. The number of carbonyl (C=O) groups excluding carboxylic acids is 1. The lowest BCUT2D eigenvalue weighted by Crippen LogP contribution is -2.26. The Kier molecular flexibility index (Phi) is 5.15. The minimum Gasteiger partial charge on any atom is -0.508 e. The second-order valence-corrected chi connectivity index (χ2v) is 5.14. The third kappa shape index (κ3) is 4.19. The van der Waals surface area contributed by atoms with Crippen molar-refractivity contribution in [2.75, 3.05) is 18.5 Å². The Morgan fingerprint density at radius 3 is 2.94 bits per heavy atom. The molecule has 4 N–H and O–H groups in total. The van der Waals surface area contributed by atoms with Gasteiger partial charge in [-0.2, -0.15) is 11.8 Å². The molecule has 0 heterocycles. The van der Waals surface area contributed by atoms with E-state index in [2.05, 4.69) is 12.2 Å². The van der Waals surface area contributed by atoms with Crippen molar-refractivity contribution in [2.24, 2.45) is 0 Å². The third-order valence-electron chi connectivity index (χ3n) is 2.52. The summed E-state index contributed by atoms with van der Waals surface area (Å²) < 4.78 is 0. The number of nitrogens with one attached hydrogen (secondary N) is 1. The van der Waals surface area contributed by atoms with Crippen LogP contribution in [0.1, 0.15) is 23.7 Å². The Bertz CT molecular complexity index is 396. The van der Waals surface area contributed by atoms with E-state index in [4.69, 9.17) is 5.73 Å². The molecule has 1 aromatic carbocycles. The number of phenols is 1. The van der Waals surface area contributed by atoms with Crippen molar-refractivity contribution in [3.05, 3.63) is 23.8 Å². The molecule has 0 spiro atoms. The summed E-state index contributed by atoms with van der Waals surface area (Å²) in [7, 11) is 0. The molecule has 0 fully saturated rings. The van der Waals surface area contributed by atoms with Crippen LogP contribution in [0.15, 0.2) is 18.2 Å². The summed E-state index contributed by atoms with van der Waals surface area (Å²) in [5, 5.41) is 12.6. The van der Waals surface area contributed by atoms with Gasteiger partial charge in [-0.05, 0) is 30.9 Å². The predicted molar refractivity (Wildman–Crippen MR) is 72.4 cm³/mol. The molecule has 0 radical (unpaired) electrons. The minimum absolute atomic E-state index is 0.0434. The lowest BCUT2D eigenvalue weighted by Gasteiger charge is -2.10. The van der Waals surface area contributed by atoms with Gasteiger partial charge in [-0.15, -0.1) is 0 Å². The Balaban J connectivity index is 2.55. The van der Waals surface area contributed by atoms with Crippen LogP contribution in [0.4, 0.5) is 5.69 Å². The van der Waals surface area contributed by atoms with Gasteiger partial charge >= 0.3 is 0 Å². The minimum atomic E-state index is -0.244. The highest BCUT2D eigenvalue weighted by atomic mass is 32.2. The van der Waals surface area contributed by atoms with Gasteiger partial charge in [0.25, 0.3) is 5.91 Å². The fourth-order valence-electron chi connectivity index (χ4n) is 1.34. The van der Waals surface area contributed by atoms with E-state index < -0.39 is 0 Å². The number of hydrogen-bond acceptors (Lipinski definition) is 4. The van der Waals surface area contributed by atoms with Crippen LogP contribution in [0, 0.1) is 0 Å². The summed E-state index contributed by atoms with van der Waals surface area (Å²) >= 11 is 1.76. The number of nitrogen functional groups attached to an aromatic ring is 1. The first-order chi connectivity index (χ1) is 8.04. The number of anilines is 1. The van der Waals surface area contributed by atoms with Crippen LogP contribution in [-0.2, 0) is 0 Å². The summed E-state index contributed by atoms with van der Waals surface area (Å²) in [6.45, 7) is 2.72. The van der Waals surface area contributed by atoms with E-state index in [1.54, 1.807) is 11.8 Å². The van der Waals surface area contributed by atoms with Gasteiger partial charge in [0, 0.05) is 17.5 Å².